The van der Waals surface area contributed by atoms with Crippen molar-refractivity contribution in [2.45, 2.75) is 6.54 Å². The van der Waals surface area contributed by atoms with Crippen molar-refractivity contribution in [3.63, 3.8) is 0 Å². The van der Waals surface area contributed by atoms with Crippen LogP contribution in [0.2, 0.25) is 5.02 Å². The number of hydrogen-bond donors (Lipinski definition) is 2. The fourth-order valence-electron chi connectivity index (χ4n) is 2.22. The Balaban J connectivity index is 1.63. The Hall–Kier alpha value is -3.12. The third-order valence-corrected chi connectivity index (χ3v) is 3.85. The largest absolute Gasteiger partial charge is 0.497 e. The zero-order valence-electron chi connectivity index (χ0n) is 14.1. The predicted molar refractivity (Wildman–Crippen MR) is 101 cm³/mol. The van der Waals surface area contributed by atoms with Gasteiger partial charge < -0.3 is 15.4 Å². The summed E-state index contributed by atoms with van der Waals surface area (Å²) in [5, 5.41) is 6.54. The molecule has 0 bridgehead atoms. The molecule has 1 heterocycles. The summed E-state index contributed by atoms with van der Waals surface area (Å²) in [6, 6.07) is 16.2. The Labute approximate surface area is 156 Å². The molecule has 0 fully saturated rings. The average Bonchev–Trinajstić information content (AvgIpc) is 2.68. The van der Waals surface area contributed by atoms with Crippen molar-refractivity contribution in [2.75, 3.05) is 12.4 Å². The van der Waals surface area contributed by atoms with Crippen molar-refractivity contribution in [2.24, 2.45) is 0 Å². The molecule has 0 atom stereocenters. The van der Waals surface area contributed by atoms with Crippen molar-refractivity contribution in [3.05, 3.63) is 77.1 Å². The first-order chi connectivity index (χ1) is 12.6. The second kappa shape index (κ2) is 8.31. The predicted octanol–water partition coefficient (Wildman–Crippen LogP) is 3.81. The van der Waals surface area contributed by atoms with Crippen molar-refractivity contribution in [1.82, 2.24) is 15.3 Å². The van der Waals surface area contributed by atoms with E-state index in [1.807, 2.05) is 36.4 Å². The van der Waals surface area contributed by atoms with Crippen LogP contribution in [0.25, 0.3) is 0 Å². The number of carbonyl (C=O) groups excluding carboxylic acids is 1. The van der Waals surface area contributed by atoms with Crippen LogP contribution >= 0.6 is 11.6 Å². The standard InChI is InChI=1S/C19H17ClN4O2/c1-26-16-8-6-15(7-9-16)23-19-21-11-10-17(24-19)18(25)22-12-13-2-4-14(20)5-3-13/h2-11H,12H2,1H3,(H,22,25)(H,21,23,24). The fourth-order valence-corrected chi connectivity index (χ4v) is 2.35. The topological polar surface area (TPSA) is 76.1 Å². The van der Waals surface area contributed by atoms with E-state index in [4.69, 9.17) is 16.3 Å². The summed E-state index contributed by atoms with van der Waals surface area (Å²) >= 11 is 5.85. The maximum Gasteiger partial charge on any atom is 0.270 e. The minimum absolute atomic E-state index is 0.278. The van der Waals surface area contributed by atoms with E-state index < -0.39 is 0 Å². The molecular weight excluding hydrogens is 352 g/mol. The van der Waals surface area contributed by atoms with Crippen LogP contribution in [0.4, 0.5) is 11.6 Å². The number of nitrogens with one attached hydrogen (secondary N) is 2. The summed E-state index contributed by atoms with van der Waals surface area (Å²) in [4.78, 5) is 20.7. The van der Waals surface area contributed by atoms with Crippen LogP contribution in [0, 0.1) is 0 Å². The van der Waals surface area contributed by atoms with Gasteiger partial charge in [-0.2, -0.15) is 0 Å². The highest BCUT2D eigenvalue weighted by molar-refractivity contribution is 6.30. The Morgan fingerprint density at radius 2 is 1.81 bits per heavy atom. The molecule has 0 aliphatic rings. The normalized spacial score (nSPS) is 10.2. The number of ether oxygens (including phenoxy) is 1. The highest BCUT2D eigenvalue weighted by Gasteiger charge is 2.09. The number of halogens is 1. The number of hydrogen-bond acceptors (Lipinski definition) is 5. The smallest absolute Gasteiger partial charge is 0.270 e. The number of benzene rings is 2. The van der Waals surface area contributed by atoms with E-state index in [1.165, 1.54) is 6.20 Å². The molecule has 1 amide bonds. The van der Waals surface area contributed by atoms with Gasteiger partial charge in [0.1, 0.15) is 11.4 Å². The van der Waals surface area contributed by atoms with Gasteiger partial charge in [0.15, 0.2) is 0 Å². The molecule has 0 spiro atoms. The summed E-state index contributed by atoms with van der Waals surface area (Å²) in [5.41, 5.74) is 2.03. The molecule has 26 heavy (non-hydrogen) atoms. The molecule has 1 aromatic heterocycles. The second-order valence-electron chi connectivity index (χ2n) is 5.43. The zero-order valence-corrected chi connectivity index (χ0v) is 14.8. The van der Waals surface area contributed by atoms with Crippen LogP contribution in [-0.2, 0) is 6.54 Å². The molecule has 0 unspecified atom stereocenters. The van der Waals surface area contributed by atoms with Crippen LogP contribution in [0.5, 0.6) is 5.75 Å². The van der Waals surface area contributed by atoms with Gasteiger partial charge in [0, 0.05) is 23.5 Å². The van der Waals surface area contributed by atoms with Gasteiger partial charge in [0.2, 0.25) is 5.95 Å². The van der Waals surface area contributed by atoms with Crippen LogP contribution in [0.15, 0.2) is 60.8 Å². The summed E-state index contributed by atoms with van der Waals surface area (Å²) in [5.74, 6) is 0.821. The van der Waals surface area contributed by atoms with E-state index in [9.17, 15) is 4.79 Å². The lowest BCUT2D eigenvalue weighted by molar-refractivity contribution is 0.0946. The van der Waals surface area contributed by atoms with E-state index in [-0.39, 0.29) is 11.6 Å². The molecule has 2 N–H and O–H groups in total. The van der Waals surface area contributed by atoms with Gasteiger partial charge in [-0.15, -0.1) is 0 Å². The lowest BCUT2D eigenvalue weighted by Crippen LogP contribution is -2.24. The van der Waals surface area contributed by atoms with Crippen molar-refractivity contribution in [3.8, 4) is 5.75 Å². The van der Waals surface area contributed by atoms with E-state index in [0.29, 0.717) is 17.5 Å². The Bertz CT molecular complexity index is 883. The highest BCUT2D eigenvalue weighted by atomic mass is 35.5. The van der Waals surface area contributed by atoms with Crippen LogP contribution < -0.4 is 15.4 Å². The molecule has 6 nitrogen and oxygen atoms in total. The molecular formula is C19H17ClN4O2. The van der Waals surface area contributed by atoms with Crippen molar-refractivity contribution in [1.29, 1.82) is 0 Å². The number of amides is 1. The van der Waals surface area contributed by atoms with Crippen molar-refractivity contribution < 1.29 is 9.53 Å². The first-order valence-corrected chi connectivity index (χ1v) is 8.28. The first kappa shape index (κ1) is 17.7. The number of anilines is 2. The summed E-state index contributed by atoms with van der Waals surface area (Å²) in [7, 11) is 1.61. The van der Waals surface area contributed by atoms with Gasteiger partial charge in [0.25, 0.3) is 5.91 Å². The summed E-state index contributed by atoms with van der Waals surface area (Å²) in [6.07, 6.45) is 1.54. The molecule has 3 aromatic rings. The van der Waals surface area contributed by atoms with Gasteiger partial charge in [0.05, 0.1) is 7.11 Å². The van der Waals surface area contributed by atoms with Gasteiger partial charge in [-0.05, 0) is 48.0 Å². The number of methoxy groups -OCH3 is 1. The number of carbonyl (C=O) groups is 1. The van der Waals surface area contributed by atoms with E-state index in [1.54, 1.807) is 25.3 Å². The van der Waals surface area contributed by atoms with E-state index >= 15 is 0 Å². The maximum atomic E-state index is 12.3. The van der Waals surface area contributed by atoms with Crippen LogP contribution in [0.1, 0.15) is 16.1 Å². The molecule has 7 heteroatoms. The number of aromatic nitrogens is 2. The van der Waals surface area contributed by atoms with Gasteiger partial charge in [-0.3, -0.25) is 4.79 Å². The van der Waals surface area contributed by atoms with E-state index in [0.717, 1.165) is 17.0 Å². The average molecular weight is 369 g/mol. The molecule has 0 aliphatic heterocycles. The summed E-state index contributed by atoms with van der Waals surface area (Å²) < 4.78 is 5.12. The molecule has 132 valence electrons. The van der Waals surface area contributed by atoms with Crippen molar-refractivity contribution >= 4 is 29.1 Å². The third-order valence-electron chi connectivity index (χ3n) is 3.60. The molecule has 0 saturated heterocycles. The van der Waals surface area contributed by atoms with Gasteiger partial charge >= 0.3 is 0 Å². The first-order valence-electron chi connectivity index (χ1n) is 7.91. The monoisotopic (exact) mass is 368 g/mol. The molecule has 0 aliphatic carbocycles. The SMILES string of the molecule is COc1ccc(Nc2nccc(C(=O)NCc3ccc(Cl)cc3)n2)cc1. The number of nitrogens with zero attached hydrogens (tertiary/aromatic N) is 2. The lowest BCUT2D eigenvalue weighted by Gasteiger charge is -2.08. The summed E-state index contributed by atoms with van der Waals surface area (Å²) in [6.45, 7) is 0.390. The Morgan fingerprint density at radius 1 is 1.08 bits per heavy atom. The minimum Gasteiger partial charge on any atom is -0.497 e. The fraction of sp³-hybridized carbons (Fsp3) is 0.105. The Kier molecular flexibility index (Phi) is 5.66. The minimum atomic E-state index is -0.278. The van der Waals surface area contributed by atoms with E-state index in [2.05, 4.69) is 20.6 Å². The second-order valence-corrected chi connectivity index (χ2v) is 5.86. The Morgan fingerprint density at radius 3 is 2.50 bits per heavy atom. The highest BCUT2D eigenvalue weighted by Crippen LogP contribution is 2.17. The number of rotatable bonds is 6. The lowest BCUT2D eigenvalue weighted by atomic mass is 10.2. The quantitative estimate of drug-likeness (QED) is 0.691. The van der Waals surface area contributed by atoms with Gasteiger partial charge in [-0.25, -0.2) is 9.97 Å². The molecule has 2 aromatic carbocycles. The van der Waals surface area contributed by atoms with Crippen LogP contribution in [0.3, 0.4) is 0 Å². The zero-order chi connectivity index (χ0) is 18.4. The third kappa shape index (κ3) is 4.70. The van der Waals surface area contributed by atoms with Gasteiger partial charge in [-0.1, -0.05) is 23.7 Å². The molecule has 0 radical (unpaired) electrons. The van der Waals surface area contributed by atoms with Crippen LogP contribution in [-0.4, -0.2) is 23.0 Å². The maximum absolute atomic E-state index is 12.3. The molecule has 3 rings (SSSR count). The molecule has 0 saturated carbocycles.